The van der Waals surface area contributed by atoms with E-state index in [1.807, 2.05) is 13.0 Å². The molecule has 0 saturated heterocycles. The Labute approximate surface area is 138 Å². The van der Waals surface area contributed by atoms with Gasteiger partial charge in [-0.05, 0) is 62.5 Å². The van der Waals surface area contributed by atoms with Crippen LogP contribution >= 0.6 is 43.2 Å². The third kappa shape index (κ3) is 2.92. The molecule has 0 bridgehead atoms. The maximum absolute atomic E-state index is 12.6. The van der Waals surface area contributed by atoms with Crippen molar-refractivity contribution in [3.05, 3.63) is 42.5 Å². The third-order valence-corrected chi connectivity index (χ3v) is 5.55. The second kappa shape index (κ2) is 6.28. The molecule has 0 unspecified atom stereocenters. The molecule has 6 heteroatoms. The summed E-state index contributed by atoms with van der Waals surface area (Å²) in [4.78, 5) is 13.3. The van der Waals surface area contributed by atoms with Crippen molar-refractivity contribution >= 4 is 49.0 Å². The number of hydrogen-bond acceptors (Lipinski definition) is 4. The van der Waals surface area contributed by atoms with Gasteiger partial charge in [0.05, 0.1) is 32.9 Å². The molecule has 0 atom stereocenters. The lowest BCUT2D eigenvalue weighted by Crippen LogP contribution is -2.03. The Kier molecular flexibility index (Phi) is 4.88. The van der Waals surface area contributed by atoms with Crippen molar-refractivity contribution in [2.75, 3.05) is 14.2 Å². The molecule has 3 nitrogen and oxygen atoms in total. The number of ether oxygens (including phenoxy) is 2. The number of rotatable bonds is 4. The zero-order chi connectivity index (χ0) is 14.9. The highest BCUT2D eigenvalue weighted by Gasteiger charge is 2.20. The Hall–Kier alpha value is -0.850. The Morgan fingerprint density at radius 2 is 1.75 bits per heavy atom. The fourth-order valence-corrected chi connectivity index (χ4v) is 3.72. The molecule has 0 N–H and O–H groups in total. The van der Waals surface area contributed by atoms with Crippen LogP contribution in [0.25, 0.3) is 0 Å². The first kappa shape index (κ1) is 15.5. The zero-order valence-corrected chi connectivity index (χ0v) is 15.1. The van der Waals surface area contributed by atoms with E-state index >= 15 is 0 Å². The van der Waals surface area contributed by atoms with Crippen molar-refractivity contribution in [3.8, 4) is 11.5 Å². The van der Waals surface area contributed by atoms with Crippen LogP contribution in [0.5, 0.6) is 11.5 Å². The molecule has 0 aliphatic carbocycles. The van der Waals surface area contributed by atoms with Crippen LogP contribution in [0.4, 0.5) is 0 Å². The lowest BCUT2D eigenvalue weighted by Gasteiger charge is -2.10. The SMILES string of the molecule is COc1cc(C(=O)c2cc(C)c(Br)s2)c(OC)cc1Br. The molecule has 2 aromatic rings. The first-order valence-electron chi connectivity index (χ1n) is 5.70. The van der Waals surface area contributed by atoms with E-state index in [4.69, 9.17) is 9.47 Å². The summed E-state index contributed by atoms with van der Waals surface area (Å²) >= 11 is 8.23. The van der Waals surface area contributed by atoms with E-state index < -0.39 is 0 Å². The quantitative estimate of drug-likeness (QED) is 0.665. The molecular formula is C14H12Br2O3S. The highest BCUT2D eigenvalue weighted by atomic mass is 79.9. The number of halogens is 2. The topological polar surface area (TPSA) is 35.5 Å². The molecule has 0 aliphatic rings. The van der Waals surface area contributed by atoms with Crippen molar-refractivity contribution in [1.82, 2.24) is 0 Å². The van der Waals surface area contributed by atoms with Crippen molar-refractivity contribution in [1.29, 1.82) is 0 Å². The van der Waals surface area contributed by atoms with Crippen LogP contribution in [-0.4, -0.2) is 20.0 Å². The van der Waals surface area contributed by atoms with E-state index in [0.717, 1.165) is 13.8 Å². The first-order chi connectivity index (χ1) is 9.47. The first-order valence-corrected chi connectivity index (χ1v) is 8.10. The molecule has 1 aromatic heterocycles. The van der Waals surface area contributed by atoms with Crippen molar-refractivity contribution in [2.24, 2.45) is 0 Å². The second-order valence-corrected chi connectivity index (χ2v) is 7.31. The van der Waals surface area contributed by atoms with Gasteiger partial charge in [-0.3, -0.25) is 4.79 Å². The number of hydrogen-bond donors (Lipinski definition) is 0. The third-order valence-electron chi connectivity index (χ3n) is 2.80. The van der Waals surface area contributed by atoms with Gasteiger partial charge in [0.25, 0.3) is 0 Å². The Balaban J connectivity index is 2.53. The minimum absolute atomic E-state index is 0.0774. The van der Waals surface area contributed by atoms with Crippen LogP contribution in [0.1, 0.15) is 20.8 Å². The summed E-state index contributed by atoms with van der Waals surface area (Å²) in [6, 6.07) is 5.29. The van der Waals surface area contributed by atoms with Crippen molar-refractivity contribution in [3.63, 3.8) is 0 Å². The summed E-state index contributed by atoms with van der Waals surface area (Å²) in [7, 11) is 3.10. The van der Waals surface area contributed by atoms with Gasteiger partial charge in [-0.15, -0.1) is 11.3 Å². The summed E-state index contributed by atoms with van der Waals surface area (Å²) in [5, 5.41) is 0. The molecule has 0 amide bonds. The van der Waals surface area contributed by atoms with Crippen LogP contribution in [0.3, 0.4) is 0 Å². The van der Waals surface area contributed by atoms with Gasteiger partial charge >= 0.3 is 0 Å². The normalized spacial score (nSPS) is 10.4. The largest absolute Gasteiger partial charge is 0.496 e. The molecule has 20 heavy (non-hydrogen) atoms. The second-order valence-electron chi connectivity index (χ2n) is 4.08. The number of methoxy groups -OCH3 is 2. The van der Waals surface area contributed by atoms with Crippen LogP contribution in [0.2, 0.25) is 0 Å². The molecule has 2 rings (SSSR count). The minimum atomic E-state index is -0.0774. The zero-order valence-electron chi connectivity index (χ0n) is 11.1. The predicted molar refractivity (Wildman–Crippen MR) is 87.4 cm³/mol. The Bertz CT molecular complexity index is 645. The average molecular weight is 420 g/mol. The van der Waals surface area contributed by atoms with Gasteiger partial charge in [0.1, 0.15) is 11.5 Å². The van der Waals surface area contributed by atoms with E-state index in [-0.39, 0.29) is 5.78 Å². The number of benzene rings is 1. The van der Waals surface area contributed by atoms with Crippen LogP contribution in [0.15, 0.2) is 26.5 Å². The summed E-state index contributed by atoms with van der Waals surface area (Å²) in [6.07, 6.45) is 0. The predicted octanol–water partition coefficient (Wildman–Crippen LogP) is 4.83. The highest BCUT2D eigenvalue weighted by Crippen LogP contribution is 2.36. The summed E-state index contributed by atoms with van der Waals surface area (Å²) in [5.74, 6) is 1.04. The molecule has 0 aliphatic heterocycles. The summed E-state index contributed by atoms with van der Waals surface area (Å²) in [5.41, 5.74) is 1.53. The van der Waals surface area contributed by atoms with Crippen molar-refractivity contribution in [2.45, 2.75) is 6.92 Å². The molecule has 1 aromatic carbocycles. The molecular weight excluding hydrogens is 408 g/mol. The maximum Gasteiger partial charge on any atom is 0.206 e. The Morgan fingerprint density at radius 1 is 1.10 bits per heavy atom. The number of carbonyl (C=O) groups is 1. The fraction of sp³-hybridized carbons (Fsp3) is 0.214. The molecule has 1 heterocycles. The number of thiophene rings is 1. The van der Waals surface area contributed by atoms with E-state index in [9.17, 15) is 4.79 Å². The van der Waals surface area contributed by atoms with Crippen LogP contribution in [-0.2, 0) is 0 Å². The van der Waals surface area contributed by atoms with Gasteiger partial charge in [0.15, 0.2) is 0 Å². The van der Waals surface area contributed by atoms with Gasteiger partial charge in [0.2, 0.25) is 5.78 Å². The van der Waals surface area contributed by atoms with E-state index in [1.54, 1.807) is 26.4 Å². The lowest BCUT2D eigenvalue weighted by atomic mass is 10.1. The monoisotopic (exact) mass is 418 g/mol. The van der Waals surface area contributed by atoms with Gasteiger partial charge < -0.3 is 9.47 Å². The molecule has 0 spiro atoms. The molecule has 0 saturated carbocycles. The van der Waals surface area contributed by atoms with Gasteiger partial charge in [0, 0.05) is 0 Å². The summed E-state index contributed by atoms with van der Waals surface area (Å²) < 4.78 is 12.2. The molecule has 0 radical (unpaired) electrons. The summed E-state index contributed by atoms with van der Waals surface area (Å²) in [6.45, 7) is 1.96. The van der Waals surface area contributed by atoms with E-state index in [1.165, 1.54) is 11.3 Å². The highest BCUT2D eigenvalue weighted by molar-refractivity contribution is 9.11. The number of ketones is 1. The Morgan fingerprint density at radius 3 is 2.25 bits per heavy atom. The van der Waals surface area contributed by atoms with E-state index in [0.29, 0.717) is 21.9 Å². The van der Waals surface area contributed by atoms with Gasteiger partial charge in [-0.2, -0.15) is 0 Å². The minimum Gasteiger partial charge on any atom is -0.496 e. The maximum atomic E-state index is 12.6. The lowest BCUT2D eigenvalue weighted by molar-refractivity contribution is 0.103. The molecule has 106 valence electrons. The average Bonchev–Trinajstić information content (AvgIpc) is 2.77. The van der Waals surface area contributed by atoms with Crippen LogP contribution in [0, 0.1) is 6.92 Å². The van der Waals surface area contributed by atoms with Crippen molar-refractivity contribution < 1.29 is 14.3 Å². The number of aryl methyl sites for hydroxylation is 1. The van der Waals surface area contributed by atoms with Crippen LogP contribution < -0.4 is 9.47 Å². The standard InChI is InChI=1S/C14H12Br2O3S/c1-7-4-12(20-14(7)16)13(17)8-5-11(19-3)9(15)6-10(8)18-2/h4-6H,1-3H3. The van der Waals surface area contributed by atoms with E-state index in [2.05, 4.69) is 31.9 Å². The van der Waals surface area contributed by atoms with Gasteiger partial charge in [-0.1, -0.05) is 0 Å². The fourth-order valence-electron chi connectivity index (χ4n) is 1.74. The van der Waals surface area contributed by atoms with Gasteiger partial charge in [-0.25, -0.2) is 0 Å². The smallest absolute Gasteiger partial charge is 0.206 e. The molecule has 0 fully saturated rings. The number of carbonyl (C=O) groups excluding carboxylic acids is 1.